The molecule has 1 aliphatic carbocycles. The van der Waals surface area contributed by atoms with Crippen molar-refractivity contribution < 1.29 is 5.11 Å². The Balaban J connectivity index is 2.48. The SMILES string of the molecule is Cc1cc(O)c(Cl)cc1C1(N)CCCC1. The first-order valence-electron chi connectivity index (χ1n) is 5.31. The lowest BCUT2D eigenvalue weighted by Crippen LogP contribution is -2.33. The van der Waals surface area contributed by atoms with E-state index in [1.165, 1.54) is 12.8 Å². The number of phenols is 1. The molecule has 0 amide bonds. The van der Waals surface area contributed by atoms with Crippen LogP contribution < -0.4 is 5.73 Å². The van der Waals surface area contributed by atoms with Crippen molar-refractivity contribution in [2.24, 2.45) is 5.73 Å². The lowest BCUT2D eigenvalue weighted by Gasteiger charge is -2.26. The Bertz CT molecular complexity index is 383. The molecule has 3 N–H and O–H groups in total. The molecule has 0 heterocycles. The third-order valence-corrected chi connectivity index (χ3v) is 3.63. The largest absolute Gasteiger partial charge is 0.506 e. The predicted molar refractivity (Wildman–Crippen MR) is 62.2 cm³/mol. The van der Waals surface area contributed by atoms with E-state index in [0.717, 1.165) is 24.0 Å². The Labute approximate surface area is 95.1 Å². The number of nitrogens with two attached hydrogens (primary N) is 1. The summed E-state index contributed by atoms with van der Waals surface area (Å²) in [4.78, 5) is 0. The van der Waals surface area contributed by atoms with Crippen LogP contribution in [0.5, 0.6) is 5.75 Å². The summed E-state index contributed by atoms with van der Waals surface area (Å²) in [5.41, 5.74) is 8.24. The second-order valence-electron chi connectivity index (χ2n) is 4.48. The molecule has 0 saturated heterocycles. The van der Waals surface area contributed by atoms with E-state index in [-0.39, 0.29) is 11.3 Å². The molecule has 82 valence electrons. The van der Waals surface area contributed by atoms with Crippen molar-refractivity contribution in [2.45, 2.75) is 38.1 Å². The number of hydrogen-bond acceptors (Lipinski definition) is 2. The van der Waals surface area contributed by atoms with Gasteiger partial charge in [-0.3, -0.25) is 0 Å². The summed E-state index contributed by atoms with van der Waals surface area (Å²) < 4.78 is 0. The fourth-order valence-electron chi connectivity index (χ4n) is 2.48. The zero-order valence-corrected chi connectivity index (χ0v) is 9.64. The Morgan fingerprint density at radius 3 is 2.53 bits per heavy atom. The summed E-state index contributed by atoms with van der Waals surface area (Å²) in [7, 11) is 0. The van der Waals surface area contributed by atoms with Crippen LogP contribution in [0.3, 0.4) is 0 Å². The first-order chi connectivity index (χ1) is 7.03. The molecule has 1 aliphatic rings. The molecule has 0 atom stereocenters. The van der Waals surface area contributed by atoms with E-state index in [2.05, 4.69) is 0 Å². The molecule has 3 heteroatoms. The van der Waals surface area contributed by atoms with Crippen LogP contribution in [-0.4, -0.2) is 5.11 Å². The van der Waals surface area contributed by atoms with Gasteiger partial charge < -0.3 is 10.8 Å². The normalized spacial score (nSPS) is 19.4. The van der Waals surface area contributed by atoms with Gasteiger partial charge in [0.1, 0.15) is 5.75 Å². The van der Waals surface area contributed by atoms with Crippen molar-refractivity contribution in [1.29, 1.82) is 0 Å². The summed E-state index contributed by atoms with van der Waals surface area (Å²) in [6, 6.07) is 3.52. The summed E-state index contributed by atoms with van der Waals surface area (Å²) in [6.07, 6.45) is 4.37. The number of rotatable bonds is 1. The minimum atomic E-state index is -0.235. The quantitative estimate of drug-likeness (QED) is 0.772. The molecule has 0 radical (unpaired) electrons. The number of aryl methyl sites for hydroxylation is 1. The zero-order valence-electron chi connectivity index (χ0n) is 8.89. The summed E-state index contributed by atoms with van der Waals surface area (Å²) >= 11 is 5.92. The monoisotopic (exact) mass is 225 g/mol. The Morgan fingerprint density at radius 1 is 1.33 bits per heavy atom. The van der Waals surface area contributed by atoms with Gasteiger partial charge in [-0.05, 0) is 43.0 Å². The lowest BCUT2D eigenvalue weighted by atomic mass is 9.86. The van der Waals surface area contributed by atoms with Crippen LogP contribution in [0.4, 0.5) is 0 Å². The van der Waals surface area contributed by atoms with Gasteiger partial charge in [-0.25, -0.2) is 0 Å². The van der Waals surface area contributed by atoms with Gasteiger partial charge in [-0.2, -0.15) is 0 Å². The topological polar surface area (TPSA) is 46.2 Å². The highest BCUT2D eigenvalue weighted by molar-refractivity contribution is 6.32. The molecule has 0 spiro atoms. The molecule has 0 unspecified atom stereocenters. The molecule has 15 heavy (non-hydrogen) atoms. The number of halogens is 1. The van der Waals surface area contributed by atoms with Gasteiger partial charge in [0, 0.05) is 5.54 Å². The van der Waals surface area contributed by atoms with E-state index in [4.69, 9.17) is 17.3 Å². The van der Waals surface area contributed by atoms with Gasteiger partial charge in [0.25, 0.3) is 0 Å². The highest BCUT2D eigenvalue weighted by atomic mass is 35.5. The highest BCUT2D eigenvalue weighted by Gasteiger charge is 2.32. The summed E-state index contributed by atoms with van der Waals surface area (Å²) in [5.74, 6) is 0.138. The Hall–Kier alpha value is -0.730. The highest BCUT2D eigenvalue weighted by Crippen LogP contribution is 2.40. The van der Waals surface area contributed by atoms with E-state index >= 15 is 0 Å². The third-order valence-electron chi connectivity index (χ3n) is 3.33. The Kier molecular flexibility index (Phi) is 2.65. The number of benzene rings is 1. The fourth-order valence-corrected chi connectivity index (χ4v) is 2.64. The van der Waals surface area contributed by atoms with E-state index in [1.54, 1.807) is 6.07 Å². The van der Waals surface area contributed by atoms with Crippen molar-refractivity contribution in [1.82, 2.24) is 0 Å². The average Bonchev–Trinajstić information content (AvgIpc) is 2.60. The predicted octanol–water partition coefficient (Wildman–Crippen LogP) is 3.08. The van der Waals surface area contributed by atoms with Crippen LogP contribution in [0.1, 0.15) is 36.8 Å². The molecule has 1 fully saturated rings. The second-order valence-corrected chi connectivity index (χ2v) is 4.89. The molecule has 0 aliphatic heterocycles. The smallest absolute Gasteiger partial charge is 0.134 e. The van der Waals surface area contributed by atoms with Gasteiger partial charge in [0.15, 0.2) is 0 Å². The van der Waals surface area contributed by atoms with Crippen LogP contribution in [0.25, 0.3) is 0 Å². The van der Waals surface area contributed by atoms with Crippen molar-refractivity contribution in [2.75, 3.05) is 0 Å². The van der Waals surface area contributed by atoms with Crippen LogP contribution in [0, 0.1) is 6.92 Å². The van der Waals surface area contributed by atoms with E-state index in [0.29, 0.717) is 5.02 Å². The third kappa shape index (κ3) is 1.84. The van der Waals surface area contributed by atoms with Crippen molar-refractivity contribution in [3.8, 4) is 5.75 Å². The minimum absolute atomic E-state index is 0.138. The number of aromatic hydroxyl groups is 1. The summed E-state index contributed by atoms with van der Waals surface area (Å²) in [6.45, 7) is 1.97. The van der Waals surface area contributed by atoms with Crippen LogP contribution in [0.2, 0.25) is 5.02 Å². The van der Waals surface area contributed by atoms with Gasteiger partial charge in [0.2, 0.25) is 0 Å². The molecule has 2 rings (SSSR count). The van der Waals surface area contributed by atoms with E-state index in [9.17, 15) is 5.11 Å². The maximum atomic E-state index is 9.48. The average molecular weight is 226 g/mol. The molecule has 1 aromatic rings. The van der Waals surface area contributed by atoms with Gasteiger partial charge in [-0.15, -0.1) is 0 Å². The number of phenolic OH excluding ortho intramolecular Hbond substituents is 1. The van der Waals surface area contributed by atoms with Crippen LogP contribution in [-0.2, 0) is 5.54 Å². The zero-order chi connectivity index (χ0) is 11.1. The van der Waals surface area contributed by atoms with Gasteiger partial charge >= 0.3 is 0 Å². The lowest BCUT2D eigenvalue weighted by molar-refractivity contribution is 0.452. The first-order valence-corrected chi connectivity index (χ1v) is 5.69. The summed E-state index contributed by atoms with van der Waals surface area (Å²) in [5, 5.41) is 9.87. The minimum Gasteiger partial charge on any atom is -0.506 e. The van der Waals surface area contributed by atoms with E-state index < -0.39 is 0 Å². The van der Waals surface area contributed by atoms with Gasteiger partial charge in [-0.1, -0.05) is 24.4 Å². The molecular formula is C12H16ClNO. The van der Waals surface area contributed by atoms with Crippen molar-refractivity contribution in [3.63, 3.8) is 0 Å². The number of hydrogen-bond donors (Lipinski definition) is 2. The van der Waals surface area contributed by atoms with Crippen molar-refractivity contribution >= 4 is 11.6 Å². The maximum absolute atomic E-state index is 9.48. The molecule has 2 nitrogen and oxygen atoms in total. The second kappa shape index (κ2) is 3.69. The molecule has 0 aromatic heterocycles. The molecular weight excluding hydrogens is 210 g/mol. The van der Waals surface area contributed by atoms with Gasteiger partial charge in [0.05, 0.1) is 5.02 Å². The molecule has 0 bridgehead atoms. The van der Waals surface area contributed by atoms with E-state index in [1.807, 2.05) is 13.0 Å². The Morgan fingerprint density at radius 2 is 1.93 bits per heavy atom. The van der Waals surface area contributed by atoms with Crippen LogP contribution in [0.15, 0.2) is 12.1 Å². The standard InChI is InChI=1S/C12H16ClNO/c1-8-6-11(15)10(13)7-9(8)12(14)4-2-3-5-12/h6-7,15H,2-5,14H2,1H3. The fraction of sp³-hybridized carbons (Fsp3) is 0.500. The molecule has 1 aromatic carbocycles. The first kappa shape index (κ1) is 10.8. The maximum Gasteiger partial charge on any atom is 0.134 e. The van der Waals surface area contributed by atoms with Crippen molar-refractivity contribution in [3.05, 3.63) is 28.3 Å². The van der Waals surface area contributed by atoms with Crippen LogP contribution >= 0.6 is 11.6 Å². The molecule has 1 saturated carbocycles.